The van der Waals surface area contributed by atoms with Crippen molar-refractivity contribution in [2.45, 2.75) is 57.7 Å². The lowest BCUT2D eigenvalue weighted by molar-refractivity contribution is -0.168. The van der Waals surface area contributed by atoms with Crippen molar-refractivity contribution in [2.75, 3.05) is 14.2 Å². The predicted octanol–water partition coefficient (Wildman–Crippen LogP) is 4.75. The van der Waals surface area contributed by atoms with Crippen LogP contribution in [0.3, 0.4) is 0 Å². The Morgan fingerprint density at radius 2 is 1.71 bits per heavy atom. The molecule has 0 heterocycles. The van der Waals surface area contributed by atoms with Crippen LogP contribution in [-0.4, -0.2) is 37.7 Å². The lowest BCUT2D eigenvalue weighted by atomic mass is 9.96. The topological polar surface area (TPSA) is 71.1 Å². The molecule has 0 bridgehead atoms. The zero-order valence-corrected chi connectivity index (χ0v) is 18.4. The molecular weight excluding hydrogens is 396 g/mol. The summed E-state index contributed by atoms with van der Waals surface area (Å²) in [7, 11) is 3.09. The van der Waals surface area contributed by atoms with E-state index in [0.29, 0.717) is 23.7 Å². The predicted molar refractivity (Wildman–Crippen MR) is 116 cm³/mol. The first kappa shape index (κ1) is 21.2. The van der Waals surface area contributed by atoms with Gasteiger partial charge in [-0.2, -0.15) is 0 Å². The average Bonchev–Trinajstić information content (AvgIpc) is 3.09. The van der Waals surface area contributed by atoms with E-state index in [9.17, 15) is 9.59 Å². The van der Waals surface area contributed by atoms with E-state index in [1.54, 1.807) is 27.0 Å². The van der Waals surface area contributed by atoms with Gasteiger partial charge in [-0.15, -0.1) is 0 Å². The number of carbonyl (C=O) groups excluding carboxylic acids is 2. The number of aryl methyl sites for hydroxylation is 1. The first-order valence-corrected chi connectivity index (χ1v) is 10.7. The number of hydrogen-bond donors (Lipinski definition) is 0. The summed E-state index contributed by atoms with van der Waals surface area (Å²) in [6.07, 6.45) is 4.09. The molecule has 0 amide bonds. The number of benzene rings is 2. The lowest BCUT2D eigenvalue weighted by Gasteiger charge is -2.32. The highest BCUT2D eigenvalue weighted by Crippen LogP contribution is 2.46. The maximum Gasteiger partial charge on any atom is 0.350 e. The Labute approximate surface area is 182 Å². The molecule has 6 heteroatoms. The largest absolute Gasteiger partial charge is 0.493 e. The molecule has 0 unspecified atom stereocenters. The number of carbonyl (C=O) groups is 2. The highest BCUT2D eigenvalue weighted by Gasteiger charge is 2.37. The molecule has 0 radical (unpaired) electrons. The second-order valence-corrected chi connectivity index (χ2v) is 8.54. The van der Waals surface area contributed by atoms with Crippen LogP contribution < -0.4 is 14.2 Å². The Morgan fingerprint density at radius 1 is 0.968 bits per heavy atom. The molecule has 1 fully saturated rings. The molecule has 0 N–H and O–H groups in total. The molecule has 2 aromatic rings. The summed E-state index contributed by atoms with van der Waals surface area (Å²) in [5, 5.41) is 0. The van der Waals surface area contributed by atoms with Gasteiger partial charge in [0.15, 0.2) is 22.9 Å². The number of fused-ring (bicyclic) bond motifs is 1. The van der Waals surface area contributed by atoms with E-state index in [-0.39, 0.29) is 11.9 Å². The second kappa shape index (κ2) is 8.25. The third-order valence-electron chi connectivity index (χ3n) is 6.01. The van der Waals surface area contributed by atoms with Crippen molar-refractivity contribution in [3.05, 3.63) is 41.5 Å². The van der Waals surface area contributed by atoms with Gasteiger partial charge in [-0.1, -0.05) is 18.2 Å². The minimum atomic E-state index is -1.23. The Balaban J connectivity index is 1.74. The highest BCUT2D eigenvalue weighted by molar-refractivity contribution is 6.01. The number of ether oxygens (including phenoxy) is 4. The Kier molecular flexibility index (Phi) is 5.65. The molecule has 2 aliphatic rings. The first-order valence-electron chi connectivity index (χ1n) is 10.7. The van der Waals surface area contributed by atoms with Crippen LogP contribution in [0, 0.1) is 0 Å². The van der Waals surface area contributed by atoms with E-state index in [1.807, 2.05) is 24.3 Å². The standard InChI is InChI=1S/C25H28O6/c1-25(2,24(27)30-17-6-5-7-17)31-22-19(11-13-21(28-3)23(22)29-4)16-8-10-18-15(14-16)9-12-20(18)26/h8,10-11,13-14,17H,5-7,9,12H2,1-4H3. The molecule has 4 rings (SSSR count). The Hall–Kier alpha value is -3.02. The molecule has 6 nitrogen and oxygen atoms in total. The molecule has 0 atom stereocenters. The van der Waals surface area contributed by atoms with Crippen LogP contribution in [0.1, 0.15) is 55.5 Å². The van der Waals surface area contributed by atoms with Gasteiger partial charge in [-0.25, -0.2) is 4.79 Å². The van der Waals surface area contributed by atoms with E-state index in [2.05, 4.69) is 0 Å². The first-order chi connectivity index (χ1) is 14.8. The minimum absolute atomic E-state index is 0.0312. The Bertz CT molecular complexity index is 1020. The summed E-state index contributed by atoms with van der Waals surface area (Å²) < 4.78 is 23.0. The molecule has 0 saturated heterocycles. The number of methoxy groups -OCH3 is 2. The van der Waals surface area contributed by atoms with Crippen molar-refractivity contribution in [2.24, 2.45) is 0 Å². The van der Waals surface area contributed by atoms with Gasteiger partial charge in [-0.3, -0.25) is 4.79 Å². The van der Waals surface area contributed by atoms with Gasteiger partial charge in [0.2, 0.25) is 5.75 Å². The van der Waals surface area contributed by atoms with Crippen molar-refractivity contribution < 1.29 is 28.5 Å². The number of hydrogen-bond acceptors (Lipinski definition) is 6. The smallest absolute Gasteiger partial charge is 0.350 e. The fraction of sp³-hybridized carbons (Fsp3) is 0.440. The summed E-state index contributed by atoms with van der Waals surface area (Å²) in [6, 6.07) is 9.45. The van der Waals surface area contributed by atoms with Crippen LogP contribution in [0.4, 0.5) is 0 Å². The minimum Gasteiger partial charge on any atom is -0.493 e. The number of esters is 1. The lowest BCUT2D eigenvalue weighted by Crippen LogP contribution is -2.43. The van der Waals surface area contributed by atoms with Crippen molar-refractivity contribution in [3.63, 3.8) is 0 Å². The summed E-state index contributed by atoms with van der Waals surface area (Å²) in [6.45, 7) is 3.39. The molecule has 1 saturated carbocycles. The monoisotopic (exact) mass is 424 g/mol. The fourth-order valence-corrected chi connectivity index (χ4v) is 3.93. The number of Topliss-reactive ketones (excluding diaryl/α,β-unsaturated/α-hetero) is 1. The SMILES string of the molecule is COc1ccc(-c2ccc3c(c2)CCC3=O)c(OC(C)(C)C(=O)OC2CCC2)c1OC. The van der Waals surface area contributed by atoms with E-state index < -0.39 is 11.6 Å². The average molecular weight is 424 g/mol. The maximum absolute atomic E-state index is 12.8. The van der Waals surface area contributed by atoms with E-state index in [1.165, 1.54) is 7.11 Å². The highest BCUT2D eigenvalue weighted by atomic mass is 16.6. The Morgan fingerprint density at radius 3 is 2.35 bits per heavy atom. The van der Waals surface area contributed by atoms with Gasteiger partial charge in [0, 0.05) is 17.5 Å². The maximum atomic E-state index is 12.8. The van der Waals surface area contributed by atoms with Crippen LogP contribution in [0.5, 0.6) is 17.2 Å². The van der Waals surface area contributed by atoms with E-state index >= 15 is 0 Å². The van der Waals surface area contributed by atoms with Crippen molar-refractivity contribution in [1.29, 1.82) is 0 Å². The molecule has 0 aliphatic heterocycles. The zero-order chi connectivity index (χ0) is 22.2. The van der Waals surface area contributed by atoms with Gasteiger partial charge in [0.1, 0.15) is 6.10 Å². The van der Waals surface area contributed by atoms with E-state index in [4.69, 9.17) is 18.9 Å². The molecule has 0 aromatic heterocycles. The summed E-state index contributed by atoms with van der Waals surface area (Å²) in [4.78, 5) is 24.8. The second-order valence-electron chi connectivity index (χ2n) is 8.54. The normalized spacial score (nSPS) is 15.8. The fourth-order valence-electron chi connectivity index (χ4n) is 3.93. The zero-order valence-electron chi connectivity index (χ0n) is 18.4. The van der Waals surface area contributed by atoms with Crippen LogP contribution in [0.2, 0.25) is 0 Å². The van der Waals surface area contributed by atoms with Gasteiger partial charge >= 0.3 is 5.97 Å². The summed E-state index contributed by atoms with van der Waals surface area (Å²) >= 11 is 0. The molecule has 2 aliphatic carbocycles. The quantitative estimate of drug-likeness (QED) is 0.597. The van der Waals surface area contributed by atoms with Gasteiger partial charge < -0.3 is 18.9 Å². The van der Waals surface area contributed by atoms with Crippen molar-refractivity contribution in [1.82, 2.24) is 0 Å². The number of rotatable bonds is 7. The van der Waals surface area contributed by atoms with Crippen LogP contribution >= 0.6 is 0 Å². The third-order valence-corrected chi connectivity index (χ3v) is 6.01. The van der Waals surface area contributed by atoms with Crippen molar-refractivity contribution >= 4 is 11.8 Å². The molecule has 2 aromatic carbocycles. The van der Waals surface area contributed by atoms with Crippen LogP contribution in [-0.2, 0) is 16.0 Å². The molecule has 0 spiro atoms. The molecule has 164 valence electrons. The third kappa shape index (κ3) is 3.99. The van der Waals surface area contributed by atoms with Crippen molar-refractivity contribution in [3.8, 4) is 28.4 Å². The van der Waals surface area contributed by atoms with Gasteiger partial charge in [0.25, 0.3) is 0 Å². The van der Waals surface area contributed by atoms with E-state index in [0.717, 1.165) is 47.9 Å². The summed E-state index contributed by atoms with van der Waals surface area (Å²) in [5.41, 5.74) is 2.20. The number of ketones is 1. The van der Waals surface area contributed by atoms with Crippen LogP contribution in [0.25, 0.3) is 11.1 Å². The van der Waals surface area contributed by atoms with Crippen LogP contribution in [0.15, 0.2) is 30.3 Å². The summed E-state index contributed by atoms with van der Waals surface area (Å²) in [5.74, 6) is 1.07. The van der Waals surface area contributed by atoms with Gasteiger partial charge in [-0.05, 0) is 62.8 Å². The van der Waals surface area contributed by atoms with Gasteiger partial charge in [0.05, 0.1) is 14.2 Å². The molecule has 31 heavy (non-hydrogen) atoms. The molecular formula is C25H28O6.